The monoisotopic (exact) mass is 262 g/mol. The van der Waals surface area contributed by atoms with Crippen LogP contribution < -0.4 is 0 Å². The van der Waals surface area contributed by atoms with Crippen LogP contribution in [0.5, 0.6) is 0 Å². The summed E-state index contributed by atoms with van der Waals surface area (Å²) in [6, 6.07) is 5.34. The number of ether oxygens (including phenoxy) is 1. The first-order valence-electron chi connectivity index (χ1n) is 5.16. The van der Waals surface area contributed by atoms with Crippen molar-refractivity contribution in [3.8, 4) is 0 Å². The van der Waals surface area contributed by atoms with Gasteiger partial charge in [-0.25, -0.2) is 0 Å². The molecule has 1 aromatic carbocycles. The van der Waals surface area contributed by atoms with E-state index in [9.17, 15) is 5.11 Å². The molecule has 0 aromatic heterocycles. The van der Waals surface area contributed by atoms with Gasteiger partial charge in [0.05, 0.1) is 12.7 Å². The van der Waals surface area contributed by atoms with E-state index in [0.29, 0.717) is 23.1 Å². The minimum Gasteiger partial charge on any atom is -0.392 e. The van der Waals surface area contributed by atoms with Crippen LogP contribution >= 0.6 is 23.2 Å². The number of hydrogen-bond donors (Lipinski definition) is 1. The average molecular weight is 263 g/mol. The second-order valence-corrected chi connectivity index (χ2v) is 4.72. The first-order chi connectivity index (χ1) is 7.56. The highest BCUT2D eigenvalue weighted by atomic mass is 35.5. The summed E-state index contributed by atoms with van der Waals surface area (Å²) in [4.78, 5) is 0. The molecule has 90 valence electrons. The minimum atomic E-state index is -0.502. The summed E-state index contributed by atoms with van der Waals surface area (Å²) < 4.78 is 5.00. The van der Waals surface area contributed by atoms with Gasteiger partial charge in [0.15, 0.2) is 0 Å². The molecule has 0 aliphatic rings. The predicted octanol–water partition coefficient (Wildman–Crippen LogP) is 3.18. The van der Waals surface area contributed by atoms with Gasteiger partial charge in [-0.1, -0.05) is 36.2 Å². The van der Waals surface area contributed by atoms with Gasteiger partial charge < -0.3 is 9.84 Å². The highest BCUT2D eigenvalue weighted by Gasteiger charge is 2.17. The van der Waals surface area contributed by atoms with E-state index in [1.54, 1.807) is 25.3 Å². The zero-order valence-corrected chi connectivity index (χ0v) is 10.9. The van der Waals surface area contributed by atoms with Gasteiger partial charge in [0.1, 0.15) is 0 Å². The van der Waals surface area contributed by atoms with E-state index in [1.165, 1.54) is 0 Å². The van der Waals surface area contributed by atoms with Crippen LogP contribution in [-0.4, -0.2) is 24.9 Å². The largest absolute Gasteiger partial charge is 0.392 e. The lowest BCUT2D eigenvalue weighted by Gasteiger charge is -2.19. The molecule has 0 saturated carbocycles. The fourth-order valence-electron chi connectivity index (χ4n) is 1.51. The Morgan fingerprint density at radius 3 is 2.38 bits per heavy atom. The van der Waals surface area contributed by atoms with Crippen LogP contribution in [0.2, 0.25) is 10.0 Å². The van der Waals surface area contributed by atoms with E-state index in [0.717, 1.165) is 5.56 Å². The predicted molar refractivity (Wildman–Crippen MR) is 67.2 cm³/mol. The molecule has 16 heavy (non-hydrogen) atoms. The van der Waals surface area contributed by atoms with Crippen LogP contribution in [-0.2, 0) is 11.2 Å². The maximum atomic E-state index is 9.95. The van der Waals surface area contributed by atoms with Crippen molar-refractivity contribution in [1.29, 1.82) is 0 Å². The molecule has 1 aromatic rings. The standard InChI is InChI=1S/C12H16Cl2O2/c1-8(7-16-2)12(15)6-9-10(13)4-3-5-11(9)14/h3-5,8,12,15H,6-7H2,1-2H3. The van der Waals surface area contributed by atoms with Crippen LogP contribution in [0, 0.1) is 5.92 Å². The average Bonchev–Trinajstić information content (AvgIpc) is 2.23. The fraction of sp³-hybridized carbons (Fsp3) is 0.500. The number of halogens is 2. The third kappa shape index (κ3) is 3.63. The van der Waals surface area contributed by atoms with E-state index in [-0.39, 0.29) is 5.92 Å². The van der Waals surface area contributed by atoms with Gasteiger partial charge in [-0.05, 0) is 17.7 Å². The third-order valence-electron chi connectivity index (χ3n) is 2.56. The van der Waals surface area contributed by atoms with Gasteiger partial charge in [0.2, 0.25) is 0 Å². The van der Waals surface area contributed by atoms with Crippen molar-refractivity contribution >= 4 is 23.2 Å². The summed E-state index contributed by atoms with van der Waals surface area (Å²) in [5.74, 6) is 0.0531. The van der Waals surface area contributed by atoms with Crippen molar-refractivity contribution in [2.24, 2.45) is 5.92 Å². The first kappa shape index (κ1) is 13.8. The van der Waals surface area contributed by atoms with Crippen LogP contribution in [0.15, 0.2) is 18.2 Å². The van der Waals surface area contributed by atoms with Gasteiger partial charge in [-0.15, -0.1) is 0 Å². The molecule has 2 nitrogen and oxygen atoms in total. The molecule has 4 heteroatoms. The molecule has 0 aliphatic heterocycles. The Labute approximate surface area is 106 Å². The van der Waals surface area contributed by atoms with Crippen LogP contribution in [0.3, 0.4) is 0 Å². The first-order valence-corrected chi connectivity index (χ1v) is 5.91. The molecule has 1 rings (SSSR count). The summed E-state index contributed by atoms with van der Waals surface area (Å²) in [5, 5.41) is 11.1. The zero-order valence-electron chi connectivity index (χ0n) is 9.41. The van der Waals surface area contributed by atoms with Crippen molar-refractivity contribution < 1.29 is 9.84 Å². The maximum absolute atomic E-state index is 9.95. The number of aliphatic hydroxyl groups is 1. The molecule has 0 saturated heterocycles. The molecule has 2 unspecified atom stereocenters. The normalized spacial score (nSPS) is 14.8. The van der Waals surface area contributed by atoms with Crippen molar-refractivity contribution in [2.45, 2.75) is 19.4 Å². The molecule has 0 bridgehead atoms. The molecule has 0 heterocycles. The summed E-state index contributed by atoms with van der Waals surface area (Å²) in [6.45, 7) is 2.45. The quantitative estimate of drug-likeness (QED) is 0.884. The Bertz CT molecular complexity index is 322. The van der Waals surface area contributed by atoms with Crippen LogP contribution in [0.25, 0.3) is 0 Å². The molecular formula is C12H16Cl2O2. The number of benzene rings is 1. The molecule has 0 aliphatic carbocycles. The molecule has 0 amide bonds. The van der Waals surface area contributed by atoms with Gasteiger partial charge in [-0.2, -0.15) is 0 Å². The van der Waals surface area contributed by atoms with E-state index < -0.39 is 6.10 Å². The molecule has 0 fully saturated rings. The Morgan fingerprint density at radius 1 is 1.31 bits per heavy atom. The maximum Gasteiger partial charge on any atom is 0.0629 e. The number of methoxy groups -OCH3 is 1. The van der Waals surface area contributed by atoms with E-state index in [2.05, 4.69) is 0 Å². The number of hydrogen-bond acceptors (Lipinski definition) is 2. The van der Waals surface area contributed by atoms with Gasteiger partial charge in [0, 0.05) is 29.5 Å². The van der Waals surface area contributed by atoms with E-state index >= 15 is 0 Å². The Morgan fingerprint density at radius 2 is 1.88 bits per heavy atom. The second-order valence-electron chi connectivity index (χ2n) is 3.90. The number of aliphatic hydroxyl groups excluding tert-OH is 1. The van der Waals surface area contributed by atoms with Gasteiger partial charge >= 0.3 is 0 Å². The summed E-state index contributed by atoms with van der Waals surface area (Å²) in [7, 11) is 1.62. The smallest absolute Gasteiger partial charge is 0.0629 e. The highest BCUT2D eigenvalue weighted by molar-refractivity contribution is 6.35. The lowest BCUT2D eigenvalue weighted by molar-refractivity contribution is 0.0575. The number of rotatable bonds is 5. The Balaban J connectivity index is 2.72. The van der Waals surface area contributed by atoms with Crippen molar-refractivity contribution in [3.05, 3.63) is 33.8 Å². The highest BCUT2D eigenvalue weighted by Crippen LogP contribution is 2.26. The van der Waals surface area contributed by atoms with Crippen LogP contribution in [0.4, 0.5) is 0 Å². The Kier molecular flexibility index (Phi) is 5.56. The fourth-order valence-corrected chi connectivity index (χ4v) is 2.06. The van der Waals surface area contributed by atoms with Crippen molar-refractivity contribution in [2.75, 3.05) is 13.7 Å². The summed E-state index contributed by atoms with van der Waals surface area (Å²) >= 11 is 12.1. The third-order valence-corrected chi connectivity index (χ3v) is 3.27. The van der Waals surface area contributed by atoms with E-state index in [1.807, 2.05) is 6.92 Å². The topological polar surface area (TPSA) is 29.5 Å². The Hall–Kier alpha value is -0.280. The SMILES string of the molecule is COCC(C)C(O)Cc1c(Cl)cccc1Cl. The summed E-state index contributed by atoms with van der Waals surface area (Å²) in [6.07, 6.45) is -0.0550. The van der Waals surface area contributed by atoms with Crippen LogP contribution in [0.1, 0.15) is 12.5 Å². The van der Waals surface area contributed by atoms with Gasteiger partial charge in [-0.3, -0.25) is 0 Å². The van der Waals surface area contributed by atoms with E-state index in [4.69, 9.17) is 27.9 Å². The van der Waals surface area contributed by atoms with Crippen molar-refractivity contribution in [3.63, 3.8) is 0 Å². The van der Waals surface area contributed by atoms with Crippen molar-refractivity contribution in [1.82, 2.24) is 0 Å². The summed E-state index contributed by atoms with van der Waals surface area (Å²) in [5.41, 5.74) is 0.793. The molecule has 2 atom stereocenters. The molecular weight excluding hydrogens is 247 g/mol. The molecule has 0 spiro atoms. The molecule has 0 radical (unpaired) electrons. The zero-order chi connectivity index (χ0) is 12.1. The lowest BCUT2D eigenvalue weighted by atomic mass is 9.98. The second kappa shape index (κ2) is 6.45. The lowest BCUT2D eigenvalue weighted by Crippen LogP contribution is -2.24. The molecule has 1 N–H and O–H groups in total. The van der Waals surface area contributed by atoms with Gasteiger partial charge in [0.25, 0.3) is 0 Å². The minimum absolute atomic E-state index is 0.0531.